The van der Waals surface area contributed by atoms with E-state index < -0.39 is 12.7 Å². The highest BCUT2D eigenvalue weighted by Gasteiger charge is 2.15. The molecule has 0 fully saturated rings. The number of hydrogen-bond donors (Lipinski definition) is 1. The highest BCUT2D eigenvalue weighted by molar-refractivity contribution is 9.10. The Hall–Kier alpha value is -0.520. The SMILES string of the molecule is COc1cc([C@H](N)CF)c(OC)cc1Br.Cl. The van der Waals surface area contributed by atoms with E-state index in [4.69, 9.17) is 15.2 Å². The van der Waals surface area contributed by atoms with Crippen LogP contribution >= 0.6 is 28.3 Å². The summed E-state index contributed by atoms with van der Waals surface area (Å²) in [4.78, 5) is 0. The zero-order chi connectivity index (χ0) is 11.4. The van der Waals surface area contributed by atoms with Gasteiger partial charge < -0.3 is 15.2 Å². The standard InChI is InChI=1S/C10H13BrFNO2.ClH/c1-14-9-4-7(11)10(15-2)3-6(9)8(13)5-12;/h3-4,8H,5,13H2,1-2H3;1H/t8-;/m1./s1. The van der Waals surface area contributed by atoms with Crippen LogP contribution in [-0.2, 0) is 0 Å². The molecule has 3 nitrogen and oxygen atoms in total. The lowest BCUT2D eigenvalue weighted by Crippen LogP contribution is -2.13. The number of ether oxygens (including phenoxy) is 2. The first-order valence-electron chi connectivity index (χ1n) is 4.37. The van der Waals surface area contributed by atoms with Crippen LogP contribution in [-0.4, -0.2) is 20.9 Å². The summed E-state index contributed by atoms with van der Waals surface area (Å²) in [5, 5.41) is 0. The smallest absolute Gasteiger partial charge is 0.133 e. The van der Waals surface area contributed by atoms with E-state index in [0.717, 1.165) is 4.47 Å². The van der Waals surface area contributed by atoms with Gasteiger partial charge in [-0.05, 0) is 28.1 Å². The Kier molecular flexibility index (Phi) is 6.71. The molecule has 0 spiro atoms. The third-order valence-corrected chi connectivity index (χ3v) is 2.69. The fourth-order valence-electron chi connectivity index (χ4n) is 1.26. The average Bonchev–Trinajstić information content (AvgIpc) is 2.27. The normalized spacial score (nSPS) is 11.6. The van der Waals surface area contributed by atoms with E-state index in [-0.39, 0.29) is 12.4 Å². The zero-order valence-corrected chi connectivity index (χ0v) is 11.4. The van der Waals surface area contributed by atoms with Crippen molar-refractivity contribution >= 4 is 28.3 Å². The quantitative estimate of drug-likeness (QED) is 0.929. The molecule has 0 aliphatic carbocycles. The Morgan fingerprint density at radius 1 is 1.31 bits per heavy atom. The molecule has 1 aromatic rings. The molecule has 1 atom stereocenters. The first kappa shape index (κ1) is 15.5. The number of nitrogens with two attached hydrogens (primary N) is 1. The Balaban J connectivity index is 0.00000225. The number of alkyl halides is 1. The van der Waals surface area contributed by atoms with Crippen LogP contribution in [0.2, 0.25) is 0 Å². The first-order valence-corrected chi connectivity index (χ1v) is 5.16. The van der Waals surface area contributed by atoms with E-state index in [0.29, 0.717) is 17.1 Å². The van der Waals surface area contributed by atoms with Crippen molar-refractivity contribution in [1.82, 2.24) is 0 Å². The van der Waals surface area contributed by atoms with Crippen molar-refractivity contribution < 1.29 is 13.9 Å². The van der Waals surface area contributed by atoms with Gasteiger partial charge in [-0.1, -0.05) is 0 Å². The van der Waals surface area contributed by atoms with Crippen LogP contribution in [0.15, 0.2) is 16.6 Å². The summed E-state index contributed by atoms with van der Waals surface area (Å²) >= 11 is 3.31. The lowest BCUT2D eigenvalue weighted by Gasteiger charge is -2.15. The molecule has 0 aliphatic heterocycles. The largest absolute Gasteiger partial charge is 0.496 e. The summed E-state index contributed by atoms with van der Waals surface area (Å²) in [6.07, 6.45) is 0. The molecular formula is C10H14BrClFNO2. The van der Waals surface area contributed by atoms with Crippen molar-refractivity contribution in [2.75, 3.05) is 20.9 Å². The number of rotatable bonds is 4. The highest BCUT2D eigenvalue weighted by Crippen LogP contribution is 2.35. The zero-order valence-electron chi connectivity index (χ0n) is 9.00. The number of hydrogen-bond acceptors (Lipinski definition) is 3. The minimum absolute atomic E-state index is 0. The van der Waals surface area contributed by atoms with Crippen molar-refractivity contribution in [2.45, 2.75) is 6.04 Å². The van der Waals surface area contributed by atoms with Gasteiger partial charge in [0.15, 0.2) is 0 Å². The first-order chi connectivity index (χ1) is 7.13. The molecule has 92 valence electrons. The topological polar surface area (TPSA) is 44.5 Å². The van der Waals surface area contributed by atoms with E-state index in [1.165, 1.54) is 14.2 Å². The van der Waals surface area contributed by atoms with Gasteiger partial charge in [-0.2, -0.15) is 0 Å². The maximum atomic E-state index is 12.5. The number of halogens is 3. The van der Waals surface area contributed by atoms with Crippen LogP contribution in [0.25, 0.3) is 0 Å². The second-order valence-electron chi connectivity index (χ2n) is 2.99. The Bertz CT molecular complexity index is 352. The van der Waals surface area contributed by atoms with Gasteiger partial charge in [0.05, 0.1) is 24.7 Å². The summed E-state index contributed by atoms with van der Waals surface area (Å²) in [7, 11) is 3.06. The molecule has 0 bridgehead atoms. The van der Waals surface area contributed by atoms with Crippen molar-refractivity contribution in [3.8, 4) is 11.5 Å². The van der Waals surface area contributed by atoms with Gasteiger partial charge >= 0.3 is 0 Å². The molecule has 1 aromatic carbocycles. The third-order valence-electron chi connectivity index (χ3n) is 2.07. The molecule has 0 radical (unpaired) electrons. The van der Waals surface area contributed by atoms with Gasteiger partial charge in [-0.3, -0.25) is 0 Å². The molecule has 2 N–H and O–H groups in total. The fraction of sp³-hybridized carbons (Fsp3) is 0.400. The van der Waals surface area contributed by atoms with E-state index in [9.17, 15) is 4.39 Å². The lowest BCUT2D eigenvalue weighted by molar-refractivity contribution is 0.380. The summed E-state index contributed by atoms with van der Waals surface area (Å²) in [5.74, 6) is 1.16. The Labute approximate surface area is 109 Å². The molecular weight excluding hydrogens is 300 g/mol. The maximum absolute atomic E-state index is 12.5. The van der Waals surface area contributed by atoms with Crippen LogP contribution in [0.3, 0.4) is 0 Å². The van der Waals surface area contributed by atoms with Crippen LogP contribution in [0.1, 0.15) is 11.6 Å². The van der Waals surface area contributed by atoms with E-state index in [2.05, 4.69) is 15.9 Å². The second-order valence-corrected chi connectivity index (χ2v) is 3.84. The number of methoxy groups -OCH3 is 2. The van der Waals surface area contributed by atoms with Crippen molar-refractivity contribution in [3.05, 3.63) is 22.2 Å². The number of benzene rings is 1. The van der Waals surface area contributed by atoms with Gasteiger partial charge in [0.2, 0.25) is 0 Å². The predicted octanol–water partition coefficient (Wildman–Crippen LogP) is 2.86. The van der Waals surface area contributed by atoms with Gasteiger partial charge in [0.25, 0.3) is 0 Å². The van der Waals surface area contributed by atoms with Crippen LogP contribution < -0.4 is 15.2 Å². The minimum Gasteiger partial charge on any atom is -0.496 e. The van der Waals surface area contributed by atoms with Crippen molar-refractivity contribution in [2.24, 2.45) is 5.73 Å². The maximum Gasteiger partial charge on any atom is 0.133 e. The molecule has 0 unspecified atom stereocenters. The Morgan fingerprint density at radius 3 is 2.31 bits per heavy atom. The molecule has 0 saturated carbocycles. The van der Waals surface area contributed by atoms with Crippen molar-refractivity contribution in [3.63, 3.8) is 0 Å². The minimum atomic E-state index is -0.693. The van der Waals surface area contributed by atoms with Crippen LogP contribution in [0.5, 0.6) is 11.5 Å². The Morgan fingerprint density at radius 2 is 1.88 bits per heavy atom. The summed E-state index contributed by atoms with van der Waals surface area (Å²) in [5.41, 5.74) is 6.22. The molecule has 0 aromatic heterocycles. The lowest BCUT2D eigenvalue weighted by atomic mass is 10.1. The van der Waals surface area contributed by atoms with Gasteiger partial charge in [0, 0.05) is 5.56 Å². The second kappa shape index (κ2) is 6.93. The molecule has 0 saturated heterocycles. The summed E-state index contributed by atoms with van der Waals surface area (Å²) in [6.45, 7) is -0.638. The molecule has 0 aliphatic rings. The van der Waals surface area contributed by atoms with Crippen molar-refractivity contribution in [1.29, 1.82) is 0 Å². The molecule has 0 heterocycles. The van der Waals surface area contributed by atoms with Gasteiger partial charge in [-0.25, -0.2) is 4.39 Å². The molecule has 6 heteroatoms. The van der Waals surface area contributed by atoms with E-state index in [1.54, 1.807) is 12.1 Å². The predicted molar refractivity (Wildman–Crippen MR) is 67.4 cm³/mol. The molecule has 16 heavy (non-hydrogen) atoms. The fourth-order valence-corrected chi connectivity index (χ4v) is 1.74. The molecule has 0 amide bonds. The third kappa shape index (κ3) is 3.23. The monoisotopic (exact) mass is 313 g/mol. The van der Waals surface area contributed by atoms with E-state index in [1.807, 2.05) is 0 Å². The average molecular weight is 315 g/mol. The van der Waals surface area contributed by atoms with Gasteiger partial charge in [-0.15, -0.1) is 12.4 Å². The van der Waals surface area contributed by atoms with Gasteiger partial charge in [0.1, 0.15) is 18.2 Å². The summed E-state index contributed by atoms with van der Waals surface area (Å²) in [6, 6.07) is 2.69. The molecule has 1 rings (SSSR count). The van der Waals surface area contributed by atoms with Crippen LogP contribution in [0.4, 0.5) is 4.39 Å². The van der Waals surface area contributed by atoms with E-state index >= 15 is 0 Å². The highest BCUT2D eigenvalue weighted by atomic mass is 79.9. The summed E-state index contributed by atoms with van der Waals surface area (Å²) < 4.78 is 23.5. The van der Waals surface area contributed by atoms with Crippen LogP contribution in [0, 0.1) is 0 Å².